The van der Waals surface area contributed by atoms with Crippen LogP contribution >= 0.6 is 0 Å². The Kier molecular flexibility index (Phi) is 4.60. The molecule has 0 aromatic heterocycles. The number of hydrogen-bond donors (Lipinski definition) is 1. The Morgan fingerprint density at radius 2 is 2.00 bits per heavy atom. The predicted molar refractivity (Wildman–Crippen MR) is 70.6 cm³/mol. The van der Waals surface area contributed by atoms with Crippen molar-refractivity contribution >= 4 is 11.0 Å². The Hall–Kier alpha value is -1.25. The molecule has 0 aliphatic carbocycles. The molecule has 0 saturated carbocycles. The van der Waals surface area contributed by atoms with Gasteiger partial charge < -0.3 is 0 Å². The Bertz CT molecular complexity index is 503. The monoisotopic (exact) mass is 268 g/mol. The minimum Gasteiger partial charge on any atom is -0.242 e. The molecule has 1 N–H and O–H groups in total. The van der Waals surface area contributed by atoms with E-state index in [0.29, 0.717) is 5.56 Å². The maximum absolute atomic E-state index is 13.3. The third kappa shape index (κ3) is 3.90. The Morgan fingerprint density at radius 1 is 1.39 bits per heavy atom. The van der Waals surface area contributed by atoms with Crippen LogP contribution in [0, 0.1) is 17.1 Å². The van der Waals surface area contributed by atoms with Crippen molar-refractivity contribution < 1.29 is 8.60 Å². The van der Waals surface area contributed by atoms with Gasteiger partial charge in [-0.25, -0.2) is 13.3 Å². The lowest BCUT2D eigenvalue weighted by molar-refractivity contribution is 0.605. The predicted octanol–water partition coefficient (Wildman–Crippen LogP) is 2.81. The van der Waals surface area contributed by atoms with Crippen LogP contribution in [0.3, 0.4) is 0 Å². The molecule has 0 amide bonds. The summed E-state index contributed by atoms with van der Waals surface area (Å²) in [5.74, 6) is -0.459. The van der Waals surface area contributed by atoms with Gasteiger partial charge in [0, 0.05) is 6.04 Å². The first kappa shape index (κ1) is 14.8. The first-order valence-electron chi connectivity index (χ1n) is 5.62. The molecule has 1 rings (SSSR count). The summed E-state index contributed by atoms with van der Waals surface area (Å²) < 4.78 is 27.7. The largest absolute Gasteiger partial charge is 0.242 e. The molecule has 18 heavy (non-hydrogen) atoms. The quantitative estimate of drug-likeness (QED) is 0.916. The van der Waals surface area contributed by atoms with Crippen molar-refractivity contribution in [2.24, 2.45) is 0 Å². The standard InChI is InChI=1S/C13H17FN2OS/c1-9(16-18(17)13(2,3)4)11-5-10(8-15)6-12(14)7-11/h5-7,9,16H,1-4H3/t9-,18-/m1/s1. The van der Waals surface area contributed by atoms with Crippen molar-refractivity contribution in [3.8, 4) is 6.07 Å². The Labute approximate surface area is 110 Å². The fraction of sp³-hybridized carbons (Fsp3) is 0.462. The first-order chi connectivity index (χ1) is 8.24. The lowest BCUT2D eigenvalue weighted by Crippen LogP contribution is -2.34. The van der Waals surface area contributed by atoms with E-state index in [2.05, 4.69) is 4.72 Å². The molecule has 5 heteroatoms. The smallest absolute Gasteiger partial charge is 0.124 e. The number of nitriles is 1. The molecule has 0 aliphatic rings. The second kappa shape index (κ2) is 5.59. The number of benzene rings is 1. The summed E-state index contributed by atoms with van der Waals surface area (Å²) in [6.45, 7) is 7.36. The third-order valence-electron chi connectivity index (χ3n) is 2.39. The molecule has 0 saturated heterocycles. The molecular weight excluding hydrogens is 251 g/mol. The summed E-state index contributed by atoms with van der Waals surface area (Å²) in [5.41, 5.74) is 0.879. The fourth-order valence-corrected chi connectivity index (χ4v) is 2.14. The van der Waals surface area contributed by atoms with E-state index in [-0.39, 0.29) is 16.4 Å². The zero-order valence-corrected chi connectivity index (χ0v) is 11.8. The van der Waals surface area contributed by atoms with Gasteiger partial charge in [0.1, 0.15) is 5.82 Å². The highest BCUT2D eigenvalue weighted by atomic mass is 32.2. The Balaban J connectivity index is 2.92. The summed E-state index contributed by atoms with van der Waals surface area (Å²) in [6.07, 6.45) is 0. The van der Waals surface area contributed by atoms with Crippen LogP contribution in [0.25, 0.3) is 0 Å². The number of nitrogens with zero attached hydrogens (tertiary/aromatic N) is 1. The van der Waals surface area contributed by atoms with Gasteiger partial charge in [-0.05, 0) is 51.5 Å². The van der Waals surface area contributed by atoms with E-state index in [1.165, 1.54) is 12.1 Å². The van der Waals surface area contributed by atoms with Gasteiger partial charge in [-0.15, -0.1) is 0 Å². The van der Waals surface area contributed by atoms with Gasteiger partial charge in [0.15, 0.2) is 0 Å². The van der Waals surface area contributed by atoms with E-state index in [0.717, 1.165) is 0 Å². The van der Waals surface area contributed by atoms with Crippen molar-refractivity contribution in [2.75, 3.05) is 0 Å². The highest BCUT2D eigenvalue weighted by Crippen LogP contribution is 2.19. The molecular formula is C13H17FN2OS. The molecule has 1 aromatic rings. The van der Waals surface area contributed by atoms with Crippen LogP contribution in [0.4, 0.5) is 4.39 Å². The topological polar surface area (TPSA) is 52.9 Å². The van der Waals surface area contributed by atoms with Crippen LogP contribution in [-0.4, -0.2) is 8.96 Å². The normalized spacial score (nSPS) is 14.9. The highest BCUT2D eigenvalue weighted by Gasteiger charge is 2.22. The lowest BCUT2D eigenvalue weighted by atomic mass is 10.1. The van der Waals surface area contributed by atoms with E-state index in [9.17, 15) is 8.60 Å². The van der Waals surface area contributed by atoms with Gasteiger partial charge in [-0.2, -0.15) is 5.26 Å². The van der Waals surface area contributed by atoms with Crippen LogP contribution in [0.1, 0.15) is 44.9 Å². The SMILES string of the molecule is C[C@@H](N[S@](=O)C(C)(C)C)c1cc(F)cc(C#N)c1. The van der Waals surface area contributed by atoms with Gasteiger partial charge in [-0.3, -0.25) is 0 Å². The first-order valence-corrected chi connectivity index (χ1v) is 6.77. The second-order valence-electron chi connectivity index (χ2n) is 5.11. The van der Waals surface area contributed by atoms with Crippen LogP contribution in [0.2, 0.25) is 0 Å². The van der Waals surface area contributed by atoms with Crippen LogP contribution in [0.5, 0.6) is 0 Å². The Morgan fingerprint density at radius 3 is 2.50 bits per heavy atom. The maximum atomic E-state index is 13.3. The van der Waals surface area contributed by atoms with Gasteiger partial charge in [-0.1, -0.05) is 0 Å². The molecule has 0 unspecified atom stereocenters. The molecule has 0 fully saturated rings. The zero-order chi connectivity index (χ0) is 13.9. The molecule has 0 radical (unpaired) electrons. The summed E-state index contributed by atoms with van der Waals surface area (Å²) in [6, 6.07) is 5.74. The molecule has 3 nitrogen and oxygen atoms in total. The van der Waals surface area contributed by atoms with Gasteiger partial charge in [0.2, 0.25) is 0 Å². The summed E-state index contributed by atoms with van der Waals surface area (Å²) in [7, 11) is -1.24. The van der Waals surface area contributed by atoms with E-state index < -0.39 is 16.8 Å². The maximum Gasteiger partial charge on any atom is 0.124 e. The van der Waals surface area contributed by atoms with Crippen molar-refractivity contribution in [1.29, 1.82) is 5.26 Å². The van der Waals surface area contributed by atoms with Crippen LogP contribution in [0.15, 0.2) is 18.2 Å². The average Bonchev–Trinajstić information content (AvgIpc) is 2.26. The molecule has 2 atom stereocenters. The highest BCUT2D eigenvalue weighted by molar-refractivity contribution is 7.84. The minimum atomic E-state index is -1.24. The number of rotatable bonds is 3. The average molecular weight is 268 g/mol. The molecule has 0 spiro atoms. The second-order valence-corrected chi connectivity index (χ2v) is 7.10. The summed E-state index contributed by atoms with van der Waals surface area (Å²) >= 11 is 0. The number of nitrogens with one attached hydrogen (secondary N) is 1. The molecule has 1 aromatic carbocycles. The van der Waals surface area contributed by atoms with Gasteiger partial charge in [0.05, 0.1) is 27.4 Å². The van der Waals surface area contributed by atoms with Crippen molar-refractivity contribution in [1.82, 2.24) is 4.72 Å². The van der Waals surface area contributed by atoms with Crippen molar-refractivity contribution in [3.05, 3.63) is 35.1 Å². The molecule has 0 bridgehead atoms. The molecule has 98 valence electrons. The third-order valence-corrected chi connectivity index (χ3v) is 4.07. The summed E-state index contributed by atoms with van der Waals surface area (Å²) in [5, 5.41) is 8.78. The van der Waals surface area contributed by atoms with Crippen LogP contribution in [-0.2, 0) is 11.0 Å². The van der Waals surface area contributed by atoms with Crippen molar-refractivity contribution in [3.63, 3.8) is 0 Å². The summed E-state index contributed by atoms with van der Waals surface area (Å²) in [4.78, 5) is 0. The van der Waals surface area contributed by atoms with Gasteiger partial charge >= 0.3 is 0 Å². The number of hydrogen-bond acceptors (Lipinski definition) is 2. The fourth-order valence-electron chi connectivity index (χ4n) is 1.33. The lowest BCUT2D eigenvalue weighted by Gasteiger charge is -2.22. The van der Waals surface area contributed by atoms with Crippen LogP contribution < -0.4 is 4.72 Å². The van der Waals surface area contributed by atoms with E-state index in [1.54, 1.807) is 13.0 Å². The van der Waals surface area contributed by atoms with Gasteiger partial charge in [0.25, 0.3) is 0 Å². The van der Waals surface area contributed by atoms with Crippen molar-refractivity contribution in [2.45, 2.75) is 38.5 Å². The van der Waals surface area contributed by atoms with E-state index >= 15 is 0 Å². The number of halogens is 1. The van der Waals surface area contributed by atoms with E-state index in [1.807, 2.05) is 26.8 Å². The molecule has 0 aliphatic heterocycles. The minimum absolute atomic E-state index is 0.264. The molecule has 0 heterocycles. The van der Waals surface area contributed by atoms with E-state index in [4.69, 9.17) is 5.26 Å². The zero-order valence-electron chi connectivity index (χ0n) is 11.0.